The van der Waals surface area contributed by atoms with Gasteiger partial charge in [0, 0.05) is 13.1 Å². The van der Waals surface area contributed by atoms with Crippen LogP contribution < -0.4 is 10.1 Å². The lowest BCUT2D eigenvalue weighted by atomic mass is 9.98. The Morgan fingerprint density at radius 2 is 1.79 bits per heavy atom. The second kappa shape index (κ2) is 9.21. The smallest absolute Gasteiger partial charge is 0.243 e. The van der Waals surface area contributed by atoms with E-state index in [0.717, 1.165) is 5.75 Å². The van der Waals surface area contributed by atoms with Crippen LogP contribution in [0.5, 0.6) is 5.75 Å². The molecule has 1 aliphatic heterocycles. The van der Waals surface area contributed by atoms with Crippen molar-refractivity contribution in [3.8, 4) is 5.75 Å². The van der Waals surface area contributed by atoms with Crippen molar-refractivity contribution in [2.24, 2.45) is 5.92 Å². The lowest BCUT2D eigenvalue weighted by Gasteiger charge is -2.31. The molecule has 2 atom stereocenters. The number of hydrogen-bond donors (Lipinski definition) is 1. The largest absolute Gasteiger partial charge is 0.491 e. The predicted octanol–water partition coefficient (Wildman–Crippen LogP) is 2.67. The predicted molar refractivity (Wildman–Crippen MR) is 107 cm³/mol. The van der Waals surface area contributed by atoms with Crippen LogP contribution in [0.4, 0.5) is 0 Å². The number of rotatable bonds is 7. The van der Waals surface area contributed by atoms with Crippen molar-refractivity contribution in [2.45, 2.75) is 30.7 Å². The molecule has 3 rings (SSSR count). The highest BCUT2D eigenvalue weighted by Crippen LogP contribution is 2.24. The summed E-state index contributed by atoms with van der Waals surface area (Å²) in [5.74, 6) is 0.268. The van der Waals surface area contributed by atoms with E-state index in [1.165, 1.54) is 4.31 Å². The standard InChI is InChI=1S/C21H26N2O4S/c1-17(16-27-19-10-4-2-5-11-19)22-21(24)18-9-8-14-23(15-18)28(25,26)20-12-6-3-7-13-20/h2-7,10-13,17-18H,8-9,14-16H2,1H3,(H,22,24)/t17-,18-/m1/s1. The molecule has 28 heavy (non-hydrogen) atoms. The minimum Gasteiger partial charge on any atom is -0.491 e. The van der Waals surface area contributed by atoms with Crippen LogP contribution in [0.25, 0.3) is 0 Å². The monoisotopic (exact) mass is 402 g/mol. The maximum atomic E-state index is 12.8. The van der Waals surface area contributed by atoms with E-state index in [2.05, 4.69) is 5.32 Å². The fourth-order valence-electron chi connectivity index (χ4n) is 3.26. The second-order valence-corrected chi connectivity index (χ2v) is 8.99. The summed E-state index contributed by atoms with van der Waals surface area (Å²) >= 11 is 0. The molecule has 1 heterocycles. The van der Waals surface area contributed by atoms with E-state index in [1.807, 2.05) is 37.3 Å². The average molecular weight is 403 g/mol. The van der Waals surface area contributed by atoms with Gasteiger partial charge >= 0.3 is 0 Å². The Kier molecular flexibility index (Phi) is 6.70. The summed E-state index contributed by atoms with van der Waals surface area (Å²) in [7, 11) is -3.57. The van der Waals surface area contributed by atoms with Gasteiger partial charge in [-0.05, 0) is 44.0 Å². The minimum absolute atomic E-state index is 0.128. The average Bonchev–Trinajstić information content (AvgIpc) is 2.73. The Labute approximate surface area is 166 Å². The number of ether oxygens (including phenoxy) is 1. The number of nitrogens with one attached hydrogen (secondary N) is 1. The number of carbonyl (C=O) groups is 1. The van der Waals surface area contributed by atoms with Crippen LogP contribution in [0.2, 0.25) is 0 Å². The van der Waals surface area contributed by atoms with Crippen molar-refractivity contribution in [2.75, 3.05) is 19.7 Å². The van der Waals surface area contributed by atoms with E-state index in [4.69, 9.17) is 4.74 Å². The van der Waals surface area contributed by atoms with Gasteiger partial charge in [0.15, 0.2) is 0 Å². The molecule has 0 radical (unpaired) electrons. The van der Waals surface area contributed by atoms with E-state index >= 15 is 0 Å². The first-order valence-corrected chi connectivity index (χ1v) is 10.9. The summed E-state index contributed by atoms with van der Waals surface area (Å²) in [4.78, 5) is 12.9. The number of hydrogen-bond acceptors (Lipinski definition) is 4. The van der Waals surface area contributed by atoms with Gasteiger partial charge < -0.3 is 10.1 Å². The topological polar surface area (TPSA) is 75.7 Å². The van der Waals surface area contributed by atoms with Gasteiger partial charge in [0.25, 0.3) is 0 Å². The molecule has 0 aromatic heterocycles. The van der Waals surface area contributed by atoms with Gasteiger partial charge in [-0.25, -0.2) is 8.42 Å². The summed E-state index contributed by atoms with van der Waals surface area (Å²) in [5, 5.41) is 2.95. The SMILES string of the molecule is C[C@H](COc1ccccc1)NC(=O)[C@@H]1CCCN(S(=O)(=O)c2ccccc2)C1. The van der Waals surface area contributed by atoms with Gasteiger partial charge in [0.05, 0.1) is 16.9 Å². The minimum atomic E-state index is -3.57. The number of para-hydroxylation sites is 1. The maximum absolute atomic E-state index is 12.8. The van der Waals surface area contributed by atoms with Crippen LogP contribution in [0.15, 0.2) is 65.6 Å². The number of nitrogens with zero attached hydrogens (tertiary/aromatic N) is 1. The molecule has 1 fully saturated rings. The normalized spacial score (nSPS) is 19.0. The van der Waals surface area contributed by atoms with Crippen LogP contribution >= 0.6 is 0 Å². The molecule has 2 aromatic rings. The molecular formula is C21H26N2O4S. The van der Waals surface area contributed by atoms with Crippen molar-refractivity contribution in [1.29, 1.82) is 0 Å². The molecule has 0 bridgehead atoms. The molecule has 7 heteroatoms. The van der Waals surface area contributed by atoms with Crippen LogP contribution in [-0.2, 0) is 14.8 Å². The second-order valence-electron chi connectivity index (χ2n) is 7.05. The van der Waals surface area contributed by atoms with E-state index in [9.17, 15) is 13.2 Å². The number of sulfonamides is 1. The molecule has 1 N–H and O–H groups in total. The quantitative estimate of drug-likeness (QED) is 0.773. The molecule has 6 nitrogen and oxygen atoms in total. The Morgan fingerprint density at radius 1 is 1.14 bits per heavy atom. The Morgan fingerprint density at radius 3 is 2.46 bits per heavy atom. The summed E-state index contributed by atoms with van der Waals surface area (Å²) in [6, 6.07) is 17.6. The first-order chi connectivity index (χ1) is 13.5. The molecule has 0 unspecified atom stereocenters. The molecule has 0 saturated carbocycles. The number of carbonyl (C=O) groups excluding carboxylic acids is 1. The number of benzene rings is 2. The number of piperidine rings is 1. The van der Waals surface area contributed by atoms with Crippen LogP contribution in [0, 0.1) is 5.92 Å². The van der Waals surface area contributed by atoms with Crippen LogP contribution in [0.3, 0.4) is 0 Å². The molecular weight excluding hydrogens is 376 g/mol. The zero-order valence-corrected chi connectivity index (χ0v) is 16.8. The summed E-state index contributed by atoms with van der Waals surface area (Å²) < 4.78 is 32.7. The van der Waals surface area contributed by atoms with Gasteiger partial charge in [-0.15, -0.1) is 0 Å². The van der Waals surface area contributed by atoms with Crippen molar-refractivity contribution in [1.82, 2.24) is 9.62 Å². The highest BCUT2D eigenvalue weighted by Gasteiger charge is 2.33. The molecule has 1 aliphatic rings. The fourth-order valence-corrected chi connectivity index (χ4v) is 4.80. The highest BCUT2D eigenvalue weighted by molar-refractivity contribution is 7.89. The van der Waals surface area contributed by atoms with Gasteiger partial charge in [-0.2, -0.15) is 4.31 Å². The van der Waals surface area contributed by atoms with Gasteiger partial charge in [-0.1, -0.05) is 36.4 Å². The van der Waals surface area contributed by atoms with E-state index in [-0.39, 0.29) is 29.3 Å². The molecule has 0 aliphatic carbocycles. The van der Waals surface area contributed by atoms with Gasteiger partial charge in [-0.3, -0.25) is 4.79 Å². The highest BCUT2D eigenvalue weighted by atomic mass is 32.2. The Balaban J connectivity index is 1.55. The van der Waals surface area contributed by atoms with Crippen molar-refractivity contribution < 1.29 is 17.9 Å². The van der Waals surface area contributed by atoms with Crippen molar-refractivity contribution >= 4 is 15.9 Å². The molecule has 150 valence electrons. The van der Waals surface area contributed by atoms with E-state index < -0.39 is 10.0 Å². The lowest BCUT2D eigenvalue weighted by Crippen LogP contribution is -2.48. The third-order valence-electron chi connectivity index (χ3n) is 4.77. The summed E-state index contributed by atoms with van der Waals surface area (Å²) in [6.07, 6.45) is 1.35. The van der Waals surface area contributed by atoms with Gasteiger partial charge in [0.2, 0.25) is 15.9 Å². The van der Waals surface area contributed by atoms with Crippen LogP contribution in [0.1, 0.15) is 19.8 Å². The fraction of sp³-hybridized carbons (Fsp3) is 0.381. The van der Waals surface area contributed by atoms with Crippen molar-refractivity contribution in [3.63, 3.8) is 0 Å². The van der Waals surface area contributed by atoms with Crippen molar-refractivity contribution in [3.05, 3.63) is 60.7 Å². The first-order valence-electron chi connectivity index (χ1n) is 9.50. The third kappa shape index (κ3) is 5.11. The third-order valence-corrected chi connectivity index (χ3v) is 6.65. The van der Waals surface area contributed by atoms with E-state index in [0.29, 0.717) is 26.0 Å². The summed E-state index contributed by atoms with van der Waals surface area (Å²) in [6.45, 7) is 2.87. The maximum Gasteiger partial charge on any atom is 0.243 e. The summed E-state index contributed by atoms with van der Waals surface area (Å²) in [5.41, 5.74) is 0. The lowest BCUT2D eigenvalue weighted by molar-refractivity contribution is -0.126. The zero-order valence-electron chi connectivity index (χ0n) is 16.0. The number of amides is 1. The Bertz CT molecular complexity index is 872. The van der Waals surface area contributed by atoms with Crippen LogP contribution in [-0.4, -0.2) is 44.4 Å². The van der Waals surface area contributed by atoms with Gasteiger partial charge in [0.1, 0.15) is 12.4 Å². The van der Waals surface area contributed by atoms with E-state index in [1.54, 1.807) is 30.3 Å². The molecule has 1 saturated heterocycles. The first kappa shape index (κ1) is 20.4. The molecule has 2 aromatic carbocycles. The molecule has 1 amide bonds. The zero-order chi connectivity index (χ0) is 20.0. The Hall–Kier alpha value is -2.38. The molecule has 0 spiro atoms.